The van der Waals surface area contributed by atoms with Crippen LogP contribution in [0, 0.1) is 11.6 Å². The molecule has 0 aliphatic rings. The molecule has 0 amide bonds. The van der Waals surface area contributed by atoms with Gasteiger partial charge in [-0.3, -0.25) is 0 Å². The molecule has 0 aliphatic heterocycles. The lowest BCUT2D eigenvalue weighted by atomic mass is 10.00. The van der Waals surface area contributed by atoms with Crippen LogP contribution in [0.5, 0.6) is 0 Å². The van der Waals surface area contributed by atoms with Gasteiger partial charge in [-0.25, -0.2) is 8.78 Å². The molecule has 0 saturated carbocycles. The van der Waals surface area contributed by atoms with Crippen LogP contribution < -0.4 is 0 Å². The topological polar surface area (TPSA) is 20.2 Å². The van der Waals surface area contributed by atoms with Gasteiger partial charge in [0.2, 0.25) is 0 Å². The first-order valence-corrected chi connectivity index (χ1v) is 6.49. The predicted molar refractivity (Wildman–Crippen MR) is 69.6 cm³/mol. The summed E-state index contributed by atoms with van der Waals surface area (Å²) in [7, 11) is 0. The smallest absolute Gasteiger partial charge is 0.384 e. The van der Waals surface area contributed by atoms with Gasteiger partial charge in [0, 0.05) is 5.56 Å². The van der Waals surface area contributed by atoms with Crippen molar-refractivity contribution >= 4 is 15.9 Å². The van der Waals surface area contributed by atoms with E-state index in [9.17, 15) is 27.1 Å². The minimum absolute atomic E-state index is 0.0298. The van der Waals surface area contributed by atoms with Crippen molar-refractivity contribution in [1.82, 2.24) is 0 Å². The average molecular weight is 367 g/mol. The van der Waals surface area contributed by atoms with E-state index in [0.29, 0.717) is 12.1 Å². The van der Waals surface area contributed by atoms with Crippen LogP contribution >= 0.6 is 15.9 Å². The number of rotatable bonds is 2. The lowest BCUT2D eigenvalue weighted by Crippen LogP contribution is -2.10. The fraction of sp³-hybridized carbons (Fsp3) is 0.143. The highest BCUT2D eigenvalue weighted by Crippen LogP contribution is 2.35. The van der Waals surface area contributed by atoms with Crippen LogP contribution in [0.3, 0.4) is 0 Å². The number of alkyl halides is 3. The number of hydrogen-bond acceptors (Lipinski definition) is 1. The van der Waals surface area contributed by atoms with Crippen LogP contribution in [0.25, 0.3) is 0 Å². The zero-order chi connectivity index (χ0) is 15.8. The van der Waals surface area contributed by atoms with E-state index in [2.05, 4.69) is 15.9 Å². The fourth-order valence-corrected chi connectivity index (χ4v) is 2.32. The molecule has 1 N–H and O–H groups in total. The molecule has 1 nitrogen and oxygen atoms in total. The van der Waals surface area contributed by atoms with Crippen LogP contribution in [-0.2, 0) is 6.18 Å². The molecular weight excluding hydrogens is 359 g/mol. The number of halogens is 6. The fourth-order valence-electron chi connectivity index (χ4n) is 1.84. The summed E-state index contributed by atoms with van der Waals surface area (Å²) in [5.41, 5.74) is -1.43. The molecule has 7 heteroatoms. The highest BCUT2D eigenvalue weighted by atomic mass is 79.9. The second-order valence-corrected chi connectivity index (χ2v) is 5.08. The Kier molecular flexibility index (Phi) is 4.34. The average Bonchev–Trinajstić information content (AvgIpc) is 2.39. The molecule has 0 saturated heterocycles. The Balaban J connectivity index is 2.43. The molecule has 0 radical (unpaired) electrons. The van der Waals surface area contributed by atoms with Gasteiger partial charge in [-0.2, -0.15) is 13.2 Å². The number of aliphatic hydroxyl groups excluding tert-OH is 1. The lowest BCUT2D eigenvalue weighted by Gasteiger charge is -2.15. The van der Waals surface area contributed by atoms with E-state index < -0.39 is 29.5 Å². The summed E-state index contributed by atoms with van der Waals surface area (Å²) >= 11 is 2.93. The van der Waals surface area contributed by atoms with Crippen molar-refractivity contribution in [2.45, 2.75) is 12.3 Å². The van der Waals surface area contributed by atoms with Crippen LogP contribution in [0.2, 0.25) is 0 Å². The molecule has 0 heterocycles. The van der Waals surface area contributed by atoms with Gasteiger partial charge < -0.3 is 5.11 Å². The van der Waals surface area contributed by atoms with E-state index >= 15 is 0 Å². The normalized spacial score (nSPS) is 13.3. The largest absolute Gasteiger partial charge is 0.419 e. The standard InChI is InChI=1S/C14H8BrF5O/c15-12-8(2-1-3-10(12)16)13(21)7-4-5-9(11(17)6-7)14(18,19)20/h1-6,13,21H. The van der Waals surface area contributed by atoms with E-state index in [-0.39, 0.29) is 15.6 Å². The molecule has 0 aromatic heterocycles. The van der Waals surface area contributed by atoms with Gasteiger partial charge >= 0.3 is 6.18 Å². The van der Waals surface area contributed by atoms with Crippen molar-refractivity contribution in [3.63, 3.8) is 0 Å². The first kappa shape index (κ1) is 15.9. The quantitative estimate of drug-likeness (QED) is 0.755. The maximum absolute atomic E-state index is 13.5. The van der Waals surface area contributed by atoms with Gasteiger partial charge in [-0.1, -0.05) is 18.2 Å². The van der Waals surface area contributed by atoms with Crippen LogP contribution in [-0.4, -0.2) is 5.11 Å². The second kappa shape index (κ2) is 5.73. The van der Waals surface area contributed by atoms with Gasteiger partial charge in [-0.15, -0.1) is 0 Å². The number of benzene rings is 2. The highest BCUT2D eigenvalue weighted by molar-refractivity contribution is 9.10. The third kappa shape index (κ3) is 3.24. The van der Waals surface area contributed by atoms with Crippen LogP contribution in [0.4, 0.5) is 22.0 Å². The maximum atomic E-state index is 13.5. The summed E-state index contributed by atoms with van der Waals surface area (Å²) in [6.45, 7) is 0. The van der Waals surface area contributed by atoms with Gasteiger partial charge in [0.25, 0.3) is 0 Å². The van der Waals surface area contributed by atoms with Gasteiger partial charge in [0.05, 0.1) is 10.0 Å². The molecule has 1 atom stereocenters. The third-order valence-corrected chi connectivity index (χ3v) is 3.73. The molecule has 0 bridgehead atoms. The minimum atomic E-state index is -4.81. The monoisotopic (exact) mass is 366 g/mol. The molecule has 21 heavy (non-hydrogen) atoms. The van der Waals surface area contributed by atoms with Crippen molar-refractivity contribution in [2.24, 2.45) is 0 Å². The molecule has 112 valence electrons. The van der Waals surface area contributed by atoms with E-state index in [1.165, 1.54) is 12.1 Å². The summed E-state index contributed by atoms with van der Waals surface area (Å²) in [6.07, 6.45) is -6.26. The number of aliphatic hydroxyl groups is 1. The zero-order valence-electron chi connectivity index (χ0n) is 10.3. The van der Waals surface area contributed by atoms with E-state index in [0.717, 1.165) is 12.1 Å². The minimum Gasteiger partial charge on any atom is -0.384 e. The Morgan fingerprint density at radius 2 is 1.67 bits per heavy atom. The van der Waals surface area contributed by atoms with E-state index in [1.807, 2.05) is 0 Å². The SMILES string of the molecule is OC(c1ccc(C(F)(F)F)c(F)c1)c1cccc(F)c1Br. The molecule has 0 aliphatic carbocycles. The van der Waals surface area contributed by atoms with Gasteiger partial charge in [0.1, 0.15) is 17.7 Å². The third-order valence-electron chi connectivity index (χ3n) is 2.89. The molecular formula is C14H8BrF5O. The lowest BCUT2D eigenvalue weighted by molar-refractivity contribution is -0.140. The molecule has 0 spiro atoms. The van der Waals surface area contributed by atoms with Crippen molar-refractivity contribution in [2.75, 3.05) is 0 Å². The summed E-state index contributed by atoms with van der Waals surface area (Å²) in [5, 5.41) is 10.1. The maximum Gasteiger partial charge on any atom is 0.419 e. The van der Waals surface area contributed by atoms with Gasteiger partial charge in [-0.05, 0) is 39.7 Å². The van der Waals surface area contributed by atoms with Gasteiger partial charge in [0.15, 0.2) is 0 Å². The molecule has 2 aromatic rings. The molecule has 0 fully saturated rings. The van der Waals surface area contributed by atoms with E-state index in [4.69, 9.17) is 0 Å². The predicted octanol–water partition coefficient (Wildman–Crippen LogP) is 4.83. The molecule has 1 unspecified atom stereocenters. The van der Waals surface area contributed by atoms with Crippen molar-refractivity contribution in [3.05, 3.63) is 69.2 Å². The van der Waals surface area contributed by atoms with Crippen molar-refractivity contribution < 1.29 is 27.1 Å². The highest BCUT2D eigenvalue weighted by Gasteiger charge is 2.34. The van der Waals surface area contributed by atoms with Crippen molar-refractivity contribution in [3.8, 4) is 0 Å². The summed E-state index contributed by atoms with van der Waals surface area (Å²) in [5.74, 6) is -2.13. The zero-order valence-corrected chi connectivity index (χ0v) is 11.8. The summed E-state index contributed by atoms with van der Waals surface area (Å²) in [6, 6.07) is 5.94. The Morgan fingerprint density at radius 3 is 2.24 bits per heavy atom. The number of hydrogen-bond donors (Lipinski definition) is 1. The van der Waals surface area contributed by atoms with Crippen LogP contribution in [0.15, 0.2) is 40.9 Å². The van der Waals surface area contributed by atoms with Crippen LogP contribution in [0.1, 0.15) is 22.8 Å². The first-order chi connectivity index (χ1) is 9.71. The second-order valence-electron chi connectivity index (χ2n) is 4.28. The summed E-state index contributed by atoms with van der Waals surface area (Å²) < 4.78 is 64.2. The van der Waals surface area contributed by atoms with Crippen molar-refractivity contribution in [1.29, 1.82) is 0 Å². The van der Waals surface area contributed by atoms with E-state index in [1.54, 1.807) is 0 Å². The summed E-state index contributed by atoms with van der Waals surface area (Å²) in [4.78, 5) is 0. The molecule has 2 aromatic carbocycles. The molecule has 2 rings (SSSR count). The first-order valence-electron chi connectivity index (χ1n) is 5.70. The Bertz CT molecular complexity index is 669. The Morgan fingerprint density at radius 1 is 1.00 bits per heavy atom. The Labute approximate surface area is 125 Å². The Hall–Kier alpha value is -1.47.